The topological polar surface area (TPSA) is 20.2 Å². The van der Waals surface area contributed by atoms with Gasteiger partial charge in [-0.3, -0.25) is 0 Å². The maximum absolute atomic E-state index is 11.2. The average molecular weight is 373 g/mol. The van der Waals surface area contributed by atoms with Crippen LogP contribution in [0.15, 0.2) is 61.2 Å². The van der Waals surface area contributed by atoms with Crippen LogP contribution in [0.1, 0.15) is 44.1 Å². The lowest BCUT2D eigenvalue weighted by Gasteiger charge is -2.46. The van der Waals surface area contributed by atoms with Crippen molar-refractivity contribution in [3.8, 4) is 0 Å². The molecule has 1 aromatic rings. The zero-order chi connectivity index (χ0) is 16.3. The van der Waals surface area contributed by atoms with Crippen LogP contribution in [0.5, 0.6) is 0 Å². The Morgan fingerprint density at radius 2 is 1.91 bits per heavy atom. The van der Waals surface area contributed by atoms with Crippen molar-refractivity contribution in [3.05, 3.63) is 66.8 Å². The minimum Gasteiger partial charge on any atom is -0.388 e. The molecule has 0 aliphatic heterocycles. The maximum atomic E-state index is 11.2. The van der Waals surface area contributed by atoms with Crippen molar-refractivity contribution in [1.82, 2.24) is 0 Å². The minimum atomic E-state index is -0.653. The molecule has 1 fully saturated rings. The standard InChI is InChI=1S/C21H25BrO/c1-2-6-17-9-15-21(23,16-10-17)20(22)13-11-19(12-14-20)18-7-4-3-5-8-18/h2-5,7-8,11-13,17,23H,1,6,9-10,14-16H2. The lowest BCUT2D eigenvalue weighted by molar-refractivity contribution is -0.0279. The summed E-state index contributed by atoms with van der Waals surface area (Å²) in [7, 11) is 0. The molecule has 1 atom stereocenters. The summed E-state index contributed by atoms with van der Waals surface area (Å²) < 4.78 is -0.336. The lowest BCUT2D eigenvalue weighted by Crippen LogP contribution is -2.51. The van der Waals surface area contributed by atoms with E-state index >= 15 is 0 Å². The highest BCUT2D eigenvalue weighted by Gasteiger charge is 2.48. The van der Waals surface area contributed by atoms with Crippen LogP contribution in [0.3, 0.4) is 0 Å². The van der Waals surface area contributed by atoms with Gasteiger partial charge in [0.2, 0.25) is 0 Å². The number of rotatable bonds is 4. The van der Waals surface area contributed by atoms with E-state index in [4.69, 9.17) is 0 Å². The Kier molecular flexibility index (Phi) is 4.93. The second kappa shape index (κ2) is 6.78. The Morgan fingerprint density at radius 3 is 2.48 bits per heavy atom. The first-order valence-electron chi connectivity index (χ1n) is 8.53. The number of alkyl halides is 1. The molecular formula is C21H25BrO. The third-order valence-corrected chi connectivity index (χ3v) is 6.79. The Hall–Kier alpha value is -1.12. The van der Waals surface area contributed by atoms with Gasteiger partial charge in [0.25, 0.3) is 0 Å². The van der Waals surface area contributed by atoms with E-state index in [0.29, 0.717) is 5.92 Å². The van der Waals surface area contributed by atoms with E-state index in [1.807, 2.05) is 12.1 Å². The highest BCUT2D eigenvalue weighted by molar-refractivity contribution is 9.10. The maximum Gasteiger partial charge on any atom is 0.0838 e. The molecule has 23 heavy (non-hydrogen) atoms. The number of hydrogen-bond acceptors (Lipinski definition) is 1. The van der Waals surface area contributed by atoms with E-state index in [1.165, 1.54) is 11.1 Å². The van der Waals surface area contributed by atoms with Crippen molar-refractivity contribution in [2.24, 2.45) is 5.92 Å². The van der Waals surface area contributed by atoms with E-state index in [-0.39, 0.29) is 4.32 Å². The van der Waals surface area contributed by atoms with Gasteiger partial charge in [-0.1, -0.05) is 70.6 Å². The van der Waals surface area contributed by atoms with Crippen LogP contribution in [0.2, 0.25) is 0 Å². The van der Waals surface area contributed by atoms with Crippen LogP contribution in [0, 0.1) is 5.92 Å². The number of aliphatic hydroxyl groups is 1. The van der Waals surface area contributed by atoms with E-state index in [0.717, 1.165) is 38.5 Å². The number of halogens is 1. The van der Waals surface area contributed by atoms with Crippen LogP contribution in [0.25, 0.3) is 5.57 Å². The monoisotopic (exact) mass is 372 g/mol. The molecule has 0 radical (unpaired) electrons. The normalized spacial score (nSPS) is 34.0. The van der Waals surface area contributed by atoms with Crippen molar-refractivity contribution < 1.29 is 5.11 Å². The van der Waals surface area contributed by atoms with Gasteiger partial charge in [0, 0.05) is 0 Å². The van der Waals surface area contributed by atoms with Gasteiger partial charge in [-0.15, -0.1) is 6.58 Å². The molecule has 0 saturated heterocycles. The van der Waals surface area contributed by atoms with Crippen LogP contribution in [-0.4, -0.2) is 15.0 Å². The fourth-order valence-corrected chi connectivity index (χ4v) is 4.54. The van der Waals surface area contributed by atoms with Gasteiger partial charge in [0.1, 0.15) is 0 Å². The van der Waals surface area contributed by atoms with Crippen molar-refractivity contribution >= 4 is 21.5 Å². The summed E-state index contributed by atoms with van der Waals surface area (Å²) in [6.07, 6.45) is 14.4. The molecule has 3 rings (SSSR count). The summed E-state index contributed by atoms with van der Waals surface area (Å²) >= 11 is 3.87. The van der Waals surface area contributed by atoms with Crippen molar-refractivity contribution in [1.29, 1.82) is 0 Å². The lowest BCUT2D eigenvalue weighted by atomic mass is 9.69. The highest BCUT2D eigenvalue weighted by Crippen LogP contribution is 2.49. The number of benzene rings is 1. The molecule has 2 aliphatic rings. The first-order valence-corrected chi connectivity index (χ1v) is 9.33. The van der Waals surface area contributed by atoms with Gasteiger partial charge in [-0.25, -0.2) is 0 Å². The average Bonchev–Trinajstić information content (AvgIpc) is 2.59. The Morgan fingerprint density at radius 1 is 1.22 bits per heavy atom. The molecule has 0 spiro atoms. The van der Waals surface area contributed by atoms with Gasteiger partial charge in [0.05, 0.1) is 9.93 Å². The second-order valence-electron chi connectivity index (χ2n) is 6.92. The first-order chi connectivity index (χ1) is 11.1. The molecule has 0 aromatic heterocycles. The molecule has 122 valence electrons. The predicted molar refractivity (Wildman–Crippen MR) is 102 cm³/mol. The van der Waals surface area contributed by atoms with Gasteiger partial charge < -0.3 is 5.11 Å². The molecule has 1 N–H and O–H groups in total. The highest BCUT2D eigenvalue weighted by atomic mass is 79.9. The molecule has 0 heterocycles. The van der Waals surface area contributed by atoms with Gasteiger partial charge >= 0.3 is 0 Å². The molecule has 2 heteroatoms. The molecule has 1 nitrogen and oxygen atoms in total. The Bertz CT molecular complexity index is 608. The van der Waals surface area contributed by atoms with E-state index in [2.05, 4.69) is 65.0 Å². The summed E-state index contributed by atoms with van der Waals surface area (Å²) in [5.41, 5.74) is 1.82. The van der Waals surface area contributed by atoms with E-state index in [1.54, 1.807) is 0 Å². The zero-order valence-corrected chi connectivity index (χ0v) is 15.1. The minimum absolute atomic E-state index is 0.336. The fourth-order valence-electron chi connectivity index (χ4n) is 3.85. The summed E-state index contributed by atoms with van der Waals surface area (Å²) in [5, 5.41) is 11.2. The predicted octanol–water partition coefficient (Wildman–Crippen LogP) is 5.66. The largest absolute Gasteiger partial charge is 0.388 e. The third kappa shape index (κ3) is 3.39. The van der Waals surface area contributed by atoms with E-state index < -0.39 is 5.60 Å². The SMILES string of the molecule is C=CCC1CCC(O)(C2(Br)C=CC(c3ccccc3)=CC2)CC1. The number of hydrogen-bond donors (Lipinski definition) is 1. The summed E-state index contributed by atoms with van der Waals surface area (Å²) in [5.74, 6) is 0.687. The van der Waals surface area contributed by atoms with Gasteiger partial charge in [-0.05, 0) is 55.6 Å². The van der Waals surface area contributed by atoms with Crippen LogP contribution in [-0.2, 0) is 0 Å². The zero-order valence-electron chi connectivity index (χ0n) is 13.5. The quantitative estimate of drug-likeness (QED) is 0.533. The summed E-state index contributed by atoms with van der Waals surface area (Å²) in [6.45, 7) is 3.84. The Balaban J connectivity index is 1.71. The Labute approximate surface area is 147 Å². The second-order valence-corrected chi connectivity index (χ2v) is 8.34. The van der Waals surface area contributed by atoms with E-state index in [9.17, 15) is 5.11 Å². The smallest absolute Gasteiger partial charge is 0.0838 e. The van der Waals surface area contributed by atoms with Gasteiger partial charge in [0.15, 0.2) is 0 Å². The fraction of sp³-hybridized carbons (Fsp3) is 0.429. The van der Waals surface area contributed by atoms with Gasteiger partial charge in [-0.2, -0.15) is 0 Å². The summed E-state index contributed by atoms with van der Waals surface area (Å²) in [6, 6.07) is 10.4. The molecule has 1 saturated carbocycles. The third-order valence-electron chi connectivity index (χ3n) is 5.46. The molecular weight excluding hydrogens is 348 g/mol. The molecule has 0 amide bonds. The first kappa shape index (κ1) is 16.7. The summed E-state index contributed by atoms with van der Waals surface area (Å²) in [4.78, 5) is 0. The molecule has 0 bridgehead atoms. The molecule has 1 unspecified atom stereocenters. The van der Waals surface area contributed by atoms with Crippen molar-refractivity contribution in [3.63, 3.8) is 0 Å². The number of allylic oxidation sites excluding steroid dienone is 4. The van der Waals surface area contributed by atoms with Crippen LogP contribution >= 0.6 is 15.9 Å². The van der Waals surface area contributed by atoms with Crippen molar-refractivity contribution in [2.75, 3.05) is 0 Å². The van der Waals surface area contributed by atoms with Crippen LogP contribution in [0.4, 0.5) is 0 Å². The van der Waals surface area contributed by atoms with Crippen molar-refractivity contribution in [2.45, 2.75) is 48.5 Å². The van der Waals surface area contributed by atoms with Crippen LogP contribution < -0.4 is 0 Å². The molecule has 2 aliphatic carbocycles. The molecule has 1 aromatic carbocycles.